The van der Waals surface area contributed by atoms with Gasteiger partial charge in [0.25, 0.3) is 0 Å². The summed E-state index contributed by atoms with van der Waals surface area (Å²) < 4.78 is 19.5. The molecule has 0 amide bonds. The fourth-order valence-corrected chi connectivity index (χ4v) is 5.29. The van der Waals surface area contributed by atoms with E-state index in [0.717, 1.165) is 71.6 Å². The first-order valence-corrected chi connectivity index (χ1v) is 11.7. The maximum Gasteiger partial charge on any atom is 0.246 e. The van der Waals surface area contributed by atoms with Crippen LogP contribution in [0.5, 0.6) is 0 Å². The zero-order valence-electron chi connectivity index (χ0n) is 17.5. The summed E-state index contributed by atoms with van der Waals surface area (Å²) in [5.74, 6) is 1.80. The van der Waals surface area contributed by atoms with E-state index >= 15 is 0 Å². The number of anilines is 1. The molecule has 2 saturated heterocycles. The van der Waals surface area contributed by atoms with Crippen molar-refractivity contribution in [1.29, 1.82) is 0 Å². The summed E-state index contributed by atoms with van der Waals surface area (Å²) in [6, 6.07) is 6.12. The lowest BCUT2D eigenvalue weighted by Gasteiger charge is -2.28. The zero-order chi connectivity index (χ0) is 21.3. The summed E-state index contributed by atoms with van der Waals surface area (Å²) in [6.07, 6.45) is 5.71. The fourth-order valence-electron chi connectivity index (χ4n) is 4.52. The van der Waals surface area contributed by atoms with Crippen LogP contribution in [0, 0.1) is 0 Å². The molecule has 2 fully saturated rings. The van der Waals surface area contributed by atoms with Crippen LogP contribution in [0.3, 0.4) is 0 Å². The lowest BCUT2D eigenvalue weighted by atomic mass is 10.0. The van der Waals surface area contributed by atoms with Crippen LogP contribution in [-0.2, 0) is 9.47 Å². The number of imidazole rings is 1. The maximum atomic E-state index is 6.06. The van der Waals surface area contributed by atoms with Crippen LogP contribution in [0.4, 0.5) is 5.82 Å². The van der Waals surface area contributed by atoms with E-state index in [4.69, 9.17) is 14.0 Å². The normalized spacial score (nSPS) is 17.8. The first-order valence-electron chi connectivity index (χ1n) is 10.8. The van der Waals surface area contributed by atoms with Gasteiger partial charge >= 0.3 is 0 Å². The van der Waals surface area contributed by atoms with Gasteiger partial charge in [0.15, 0.2) is 5.82 Å². The number of H-pyrrole nitrogens is 1. The molecule has 2 N–H and O–H groups in total. The van der Waals surface area contributed by atoms with Gasteiger partial charge in [-0.15, -0.1) is 11.3 Å². The van der Waals surface area contributed by atoms with E-state index in [9.17, 15) is 0 Å². The van der Waals surface area contributed by atoms with Crippen molar-refractivity contribution in [2.75, 3.05) is 44.3 Å². The van der Waals surface area contributed by atoms with Gasteiger partial charge in [-0.3, -0.25) is 4.57 Å². The Morgan fingerprint density at radius 3 is 2.78 bits per heavy atom. The molecule has 4 aromatic rings. The zero-order valence-corrected chi connectivity index (χ0v) is 18.3. The number of hydrogen-bond acceptors (Lipinski definition) is 8. The average molecular weight is 453 g/mol. The highest BCUT2D eigenvalue weighted by Gasteiger charge is 2.36. The van der Waals surface area contributed by atoms with Crippen molar-refractivity contribution in [2.45, 2.75) is 12.8 Å². The number of thiophene rings is 1. The molecule has 0 aromatic carbocycles. The van der Waals surface area contributed by atoms with Gasteiger partial charge in [0.05, 0.1) is 13.2 Å². The minimum absolute atomic E-state index is 0.541. The van der Waals surface area contributed by atoms with Gasteiger partial charge in [-0.2, -0.15) is 0 Å². The van der Waals surface area contributed by atoms with E-state index in [0.29, 0.717) is 13.2 Å². The Labute approximate surface area is 189 Å². The van der Waals surface area contributed by atoms with E-state index in [-0.39, 0.29) is 0 Å². The topological polar surface area (TPSA) is 93.4 Å². The van der Waals surface area contributed by atoms with Crippen LogP contribution in [0.1, 0.15) is 12.8 Å². The number of nitrogens with one attached hydrogen (secondary N) is 2. The van der Waals surface area contributed by atoms with Gasteiger partial charge in [0.1, 0.15) is 23.5 Å². The van der Waals surface area contributed by atoms with Gasteiger partial charge in [-0.25, -0.2) is 4.98 Å². The van der Waals surface area contributed by atoms with Crippen molar-refractivity contribution in [3.05, 3.63) is 42.2 Å². The van der Waals surface area contributed by atoms with Crippen LogP contribution in [0.2, 0.25) is 0 Å². The molecule has 9 nitrogen and oxygen atoms in total. The van der Waals surface area contributed by atoms with E-state index in [1.54, 1.807) is 23.8 Å². The molecule has 4 aromatic heterocycles. The predicted molar refractivity (Wildman–Crippen MR) is 121 cm³/mol. The van der Waals surface area contributed by atoms with Crippen molar-refractivity contribution in [1.82, 2.24) is 25.0 Å². The second-order valence-electron chi connectivity index (χ2n) is 7.73. The molecule has 166 valence electrons. The van der Waals surface area contributed by atoms with Crippen molar-refractivity contribution in [3.8, 4) is 33.2 Å². The maximum absolute atomic E-state index is 6.06. The smallest absolute Gasteiger partial charge is 0.246 e. The highest BCUT2D eigenvalue weighted by molar-refractivity contribution is 7.13. The Bertz CT molecular complexity index is 1140. The van der Waals surface area contributed by atoms with E-state index in [1.165, 1.54) is 0 Å². The minimum atomic E-state index is -0.541. The monoisotopic (exact) mass is 452 g/mol. The van der Waals surface area contributed by atoms with E-state index < -0.39 is 6.41 Å². The van der Waals surface area contributed by atoms with Crippen LogP contribution < -0.4 is 10.2 Å². The van der Waals surface area contributed by atoms with Gasteiger partial charge in [0, 0.05) is 54.1 Å². The molecule has 0 aliphatic carbocycles. The summed E-state index contributed by atoms with van der Waals surface area (Å²) in [5.41, 5.74) is 3.70. The number of hydrogen-bond donors (Lipinski definition) is 2. The third kappa shape index (κ3) is 3.36. The molecular weight excluding hydrogens is 428 g/mol. The van der Waals surface area contributed by atoms with Gasteiger partial charge < -0.3 is 29.2 Å². The molecule has 0 saturated carbocycles. The first kappa shape index (κ1) is 19.7. The molecular formula is C22H24N6O3S. The largest absolute Gasteiger partial charge is 0.364 e. The fraction of sp³-hybridized carbons (Fsp3) is 0.364. The number of rotatable bonds is 5. The lowest BCUT2D eigenvalue weighted by Crippen LogP contribution is -2.31. The SMILES string of the molecule is c1csc(-c2c(-c3ccon3)c(-c3ncc[nH]3)n(C3OCCO3)c2N2CCCNCC2)c1. The quantitative estimate of drug-likeness (QED) is 0.478. The Hall–Kier alpha value is -2.92. The third-order valence-corrected chi connectivity index (χ3v) is 6.71. The summed E-state index contributed by atoms with van der Waals surface area (Å²) in [6.45, 7) is 4.83. The Morgan fingerprint density at radius 1 is 1.09 bits per heavy atom. The summed E-state index contributed by atoms with van der Waals surface area (Å²) in [5, 5.41) is 9.94. The van der Waals surface area contributed by atoms with E-state index in [2.05, 4.69) is 47.4 Å². The molecule has 0 atom stereocenters. The van der Waals surface area contributed by atoms with Crippen molar-refractivity contribution < 1.29 is 14.0 Å². The van der Waals surface area contributed by atoms with Crippen LogP contribution in [-0.4, -0.2) is 59.1 Å². The molecule has 2 aliphatic heterocycles. The molecule has 10 heteroatoms. The molecule has 6 rings (SSSR count). The molecule has 0 spiro atoms. The highest BCUT2D eigenvalue weighted by atomic mass is 32.1. The molecule has 0 unspecified atom stereocenters. The number of aromatic amines is 1. The molecule has 32 heavy (non-hydrogen) atoms. The second kappa shape index (κ2) is 8.55. The molecule has 6 heterocycles. The predicted octanol–water partition coefficient (Wildman–Crippen LogP) is 3.56. The van der Waals surface area contributed by atoms with Gasteiger partial charge in [-0.05, 0) is 24.4 Å². The van der Waals surface area contributed by atoms with Gasteiger partial charge in [-0.1, -0.05) is 11.2 Å². The number of aromatic nitrogens is 4. The van der Waals surface area contributed by atoms with Crippen molar-refractivity contribution >= 4 is 17.2 Å². The van der Waals surface area contributed by atoms with Crippen LogP contribution >= 0.6 is 11.3 Å². The summed E-state index contributed by atoms with van der Waals surface area (Å²) >= 11 is 1.71. The van der Waals surface area contributed by atoms with Crippen molar-refractivity contribution in [3.63, 3.8) is 0 Å². The Morgan fingerprint density at radius 2 is 2.03 bits per heavy atom. The van der Waals surface area contributed by atoms with Crippen LogP contribution in [0.25, 0.3) is 33.2 Å². The minimum Gasteiger partial charge on any atom is -0.364 e. The summed E-state index contributed by atoms with van der Waals surface area (Å²) in [4.78, 5) is 11.5. The number of nitrogens with zero attached hydrogens (tertiary/aromatic N) is 4. The number of ether oxygens (including phenoxy) is 2. The lowest BCUT2D eigenvalue weighted by molar-refractivity contribution is -0.0985. The van der Waals surface area contributed by atoms with Crippen LogP contribution in [0.15, 0.2) is 46.8 Å². The van der Waals surface area contributed by atoms with Crippen molar-refractivity contribution in [2.24, 2.45) is 0 Å². The standard InChI is InChI=1S/C22H24N6O3S/c1-3-16(32-14-1)18-17(15-4-11-31-26-15)19(20-24-6-7-25-20)28(22-29-12-13-30-22)21(18)27-9-2-5-23-8-10-27/h1,3-4,6-7,11,14,22-23H,2,5,8-10,12-13H2,(H,24,25). The summed E-state index contributed by atoms with van der Waals surface area (Å²) in [7, 11) is 0. The molecule has 0 radical (unpaired) electrons. The van der Waals surface area contributed by atoms with Gasteiger partial charge in [0.2, 0.25) is 6.41 Å². The Kier molecular flexibility index (Phi) is 5.27. The Balaban J connectivity index is 1.70. The van der Waals surface area contributed by atoms with E-state index in [1.807, 2.05) is 12.3 Å². The third-order valence-electron chi connectivity index (χ3n) is 5.82. The average Bonchev–Trinajstić information content (AvgIpc) is 3.62. The highest BCUT2D eigenvalue weighted by Crippen LogP contribution is 2.50. The second-order valence-corrected chi connectivity index (χ2v) is 8.68. The first-order chi connectivity index (χ1) is 15.9. The molecule has 2 aliphatic rings. The molecule has 0 bridgehead atoms.